The van der Waals surface area contributed by atoms with Gasteiger partial charge in [0.1, 0.15) is 11.5 Å². The molecule has 14 rings (SSSR count). The number of carbonyl (C=O) groups is 2. The van der Waals surface area contributed by atoms with Gasteiger partial charge in [0.2, 0.25) is 0 Å². The molecule has 29 heteroatoms. The smallest absolute Gasteiger partial charge is 0.155 e. The van der Waals surface area contributed by atoms with Crippen molar-refractivity contribution in [1.82, 2.24) is 34.9 Å². The van der Waals surface area contributed by atoms with Gasteiger partial charge in [0.15, 0.2) is 11.6 Å². The van der Waals surface area contributed by atoms with E-state index in [2.05, 4.69) is 77.4 Å². The Balaban J connectivity index is 0.00000131. The third kappa shape index (κ3) is 40.8. The molecule has 0 atom stereocenters. The first kappa shape index (κ1) is 108. The predicted molar refractivity (Wildman–Crippen MR) is 406 cm³/mol. The third-order valence-corrected chi connectivity index (χ3v) is 13.6. The van der Waals surface area contributed by atoms with Crippen molar-refractivity contribution < 1.29 is 194 Å². The summed E-state index contributed by atoms with van der Waals surface area (Å²) in [4.78, 5) is 48.4. The summed E-state index contributed by atoms with van der Waals surface area (Å²) in [6, 6.07) is 75.6. The zero-order valence-electron chi connectivity index (χ0n) is 62.5. The second kappa shape index (κ2) is 59.5. The van der Waals surface area contributed by atoms with Gasteiger partial charge in [-0.05, 0) is 122 Å². The van der Waals surface area contributed by atoms with Crippen LogP contribution in [0.1, 0.15) is 27.7 Å². The molecule has 0 aliphatic heterocycles. The fourth-order valence-electron chi connectivity index (χ4n) is 8.72. The van der Waals surface area contributed by atoms with Gasteiger partial charge in [-0.15, -0.1) is 156 Å². The van der Waals surface area contributed by atoms with Crippen molar-refractivity contribution in [2.45, 2.75) is 27.7 Å². The van der Waals surface area contributed by atoms with Crippen LogP contribution in [0.5, 0.6) is 11.5 Å². The Labute approximate surface area is 757 Å². The maximum Gasteiger partial charge on any atom is 0.155 e. The predicted octanol–water partition coefficient (Wildman–Crippen LogP) is 21.3. The summed E-state index contributed by atoms with van der Waals surface area (Å²) in [6.45, 7) is 5.70. The molecule has 624 valence electrons. The molecule has 0 fully saturated rings. The van der Waals surface area contributed by atoms with Crippen molar-refractivity contribution in [3.05, 3.63) is 392 Å². The average molecular weight is 2670 g/mol. The molecule has 0 saturated heterocycles. The van der Waals surface area contributed by atoms with Crippen LogP contribution >= 0.6 is 0 Å². The fourth-order valence-corrected chi connectivity index (χ4v) is 8.72. The number of rotatable bonds is 11. The van der Waals surface area contributed by atoms with Crippen LogP contribution in [0, 0.1) is 101 Å². The number of nitrogens with zero attached hydrogens (tertiary/aromatic N) is 7. The Morgan fingerprint density at radius 3 is 0.746 bits per heavy atom. The second-order valence-corrected chi connectivity index (χ2v) is 22.3. The first-order valence-electron chi connectivity index (χ1n) is 33.0. The van der Waals surface area contributed by atoms with E-state index >= 15 is 0 Å². The standard InChI is InChI=1S/C12H8F2NO.C12H9FNO.2C11H6F2N.3C11H7FN.2C5H8O2.6Ir/c1-16-9-4-5-15-12(7-9)10-3-2-8(13)6-11(10)14;1-15-11-6-7-14-12(8-11)9-2-4-10(13)5-3-9;2*12-8-4-5-9(10(13)7-8)11-3-1-2-6-14-11;3*12-10-6-4-9(5-7-10)11-3-1-2-8-13-11;2*1-4(6)3-5(2)7;;;;;;/h2,4-7H,1H3;2,4-8H,1H3;2*1-4,6-7H;3*1-4,6-8H;2*3,6H,1-2H3;;;;;;/q7*-1;;;;;;;;. The molecule has 14 aromatic rings. The third-order valence-electron chi connectivity index (χ3n) is 13.6. The molecule has 13 nitrogen and oxygen atoms in total. The number of aromatic nitrogens is 7. The van der Waals surface area contributed by atoms with Gasteiger partial charge in [-0.3, -0.25) is 53.5 Å². The van der Waals surface area contributed by atoms with Gasteiger partial charge in [-0.1, -0.05) is 95.6 Å². The zero-order chi connectivity index (χ0) is 81.2. The average Bonchev–Trinajstić information content (AvgIpc) is 0.838. The number of hydrogen-bond acceptors (Lipinski definition) is 13. The number of aliphatic hydroxyl groups is 2. The van der Waals surface area contributed by atoms with E-state index in [1.807, 2.05) is 54.6 Å². The Kier molecular flexibility index (Phi) is 54.3. The molecule has 118 heavy (non-hydrogen) atoms. The maximum atomic E-state index is 13.4. The monoisotopic (exact) mass is 2680 g/mol. The van der Waals surface area contributed by atoms with Gasteiger partial charge in [0.25, 0.3) is 0 Å². The summed E-state index contributed by atoms with van der Waals surface area (Å²) >= 11 is 0. The molecule has 0 spiro atoms. The second-order valence-electron chi connectivity index (χ2n) is 22.3. The van der Waals surface area contributed by atoms with Gasteiger partial charge < -0.3 is 54.6 Å². The number of pyridine rings is 7. The first-order chi connectivity index (χ1) is 53.9. The molecule has 7 aromatic carbocycles. The van der Waals surface area contributed by atoms with Gasteiger partial charge in [-0.2, -0.15) is 0 Å². The number of allylic oxidation sites excluding steroid dienone is 4. The van der Waals surface area contributed by atoms with Crippen molar-refractivity contribution in [1.29, 1.82) is 0 Å². The van der Waals surface area contributed by atoms with Crippen molar-refractivity contribution in [2.75, 3.05) is 14.2 Å². The van der Waals surface area contributed by atoms with Crippen LogP contribution in [0.2, 0.25) is 0 Å². The SMILES string of the molecule is CC(=O)C=C(C)O.CC(=O)C=C(C)O.COc1ccnc(-c2[c-]cc(F)cc2)c1.COc1ccnc(-c2[c-]cc(F)cc2F)c1.Fc1c[c-]c(-c2ccccn2)c(F)c1.Fc1c[c-]c(-c2ccccn2)c(F)c1.Fc1c[c-]c(-c2ccccn2)cc1.Fc1c[c-]c(-c2ccccn2)cc1.Fc1c[c-]c(-c2ccccn2)cc1.[Ir].[Ir].[Ir].[Ir].[Ir].[Ir]. The van der Waals surface area contributed by atoms with Crippen LogP contribution in [-0.2, 0) is 130 Å². The Hall–Kier alpha value is -10.2. The van der Waals surface area contributed by atoms with Crippen molar-refractivity contribution in [3.63, 3.8) is 0 Å². The van der Waals surface area contributed by atoms with Gasteiger partial charge in [0, 0.05) is 234 Å². The molecule has 0 amide bonds. The number of hydrogen-bond donors (Lipinski definition) is 2. The molecule has 0 unspecified atom stereocenters. The van der Waals surface area contributed by atoms with E-state index < -0.39 is 34.9 Å². The van der Waals surface area contributed by atoms with Crippen LogP contribution in [0.25, 0.3) is 78.8 Å². The van der Waals surface area contributed by atoms with Gasteiger partial charge in [-0.25, -0.2) is 0 Å². The largest absolute Gasteiger partial charge is 0.512 e. The van der Waals surface area contributed by atoms with Gasteiger partial charge >= 0.3 is 0 Å². The number of ether oxygens (including phenoxy) is 2. The first-order valence-corrected chi connectivity index (χ1v) is 33.0. The minimum atomic E-state index is -0.694. The molecule has 6 radical (unpaired) electrons. The van der Waals surface area contributed by atoms with Gasteiger partial charge in [0.05, 0.1) is 25.7 Å². The number of methoxy groups -OCH3 is 2. The molecule has 0 aliphatic rings. The van der Waals surface area contributed by atoms with E-state index in [0.717, 1.165) is 81.5 Å². The summed E-state index contributed by atoms with van der Waals surface area (Å²) < 4.78 is 138. The maximum absolute atomic E-state index is 13.4. The number of ketones is 2. The van der Waals surface area contributed by atoms with Crippen molar-refractivity contribution in [3.8, 4) is 90.3 Å². The topological polar surface area (TPSA) is 183 Å². The van der Waals surface area contributed by atoms with E-state index in [1.54, 1.807) is 129 Å². The van der Waals surface area contributed by atoms with Crippen molar-refractivity contribution >= 4 is 11.6 Å². The summed E-state index contributed by atoms with van der Waals surface area (Å²) in [5.74, 6) is -3.91. The zero-order valence-corrected chi connectivity index (χ0v) is 76.9. The summed E-state index contributed by atoms with van der Waals surface area (Å²) in [5, 5.41) is 16.7. The van der Waals surface area contributed by atoms with E-state index in [9.17, 15) is 53.5 Å². The van der Waals surface area contributed by atoms with Crippen molar-refractivity contribution in [2.24, 2.45) is 0 Å². The molecule has 0 saturated carbocycles. The number of carbonyl (C=O) groups excluding carboxylic acids is 2. The molecule has 0 aliphatic carbocycles. The van der Waals surface area contributed by atoms with E-state index in [0.29, 0.717) is 28.5 Å². The molecule has 2 N–H and O–H groups in total. The minimum Gasteiger partial charge on any atom is -0.512 e. The van der Waals surface area contributed by atoms with Crippen LogP contribution < -0.4 is 9.47 Å². The molecule has 7 aromatic heterocycles. The molecular formula is C89H66F10Ir6N7O6-7. The Morgan fingerprint density at radius 1 is 0.288 bits per heavy atom. The molecular weight excluding hydrogens is 2610 g/mol. The number of aliphatic hydroxyl groups excluding tert-OH is 2. The molecule has 0 bridgehead atoms. The van der Waals surface area contributed by atoms with Crippen LogP contribution in [0.15, 0.2) is 292 Å². The summed E-state index contributed by atoms with van der Waals surface area (Å²) in [7, 11) is 3.09. The van der Waals surface area contributed by atoms with E-state index in [-0.39, 0.29) is 184 Å². The minimum absolute atomic E-state index is 0. The number of halogens is 10. The van der Waals surface area contributed by atoms with Crippen LogP contribution in [0.3, 0.4) is 0 Å². The van der Waals surface area contributed by atoms with E-state index in [1.165, 1.54) is 102 Å². The number of benzene rings is 7. The normalized spacial score (nSPS) is 9.69. The Morgan fingerprint density at radius 2 is 0.525 bits per heavy atom. The van der Waals surface area contributed by atoms with Crippen LogP contribution in [-0.4, -0.2) is 70.9 Å². The fraction of sp³-hybridized carbons (Fsp3) is 0.0674. The quantitative estimate of drug-likeness (QED) is 0.0540. The van der Waals surface area contributed by atoms with E-state index in [4.69, 9.17) is 19.7 Å². The Bertz CT molecular complexity index is 4950. The molecule has 7 heterocycles. The van der Waals surface area contributed by atoms with Crippen LogP contribution in [0.4, 0.5) is 43.9 Å². The summed E-state index contributed by atoms with van der Waals surface area (Å²) in [6.07, 6.45) is 13.7. The summed E-state index contributed by atoms with van der Waals surface area (Å²) in [5.41, 5.74) is 8.06.